The Morgan fingerprint density at radius 1 is 1.33 bits per heavy atom. The van der Waals surface area contributed by atoms with Crippen molar-refractivity contribution in [3.8, 4) is 0 Å². The zero-order valence-corrected chi connectivity index (χ0v) is 9.86. The highest BCUT2D eigenvalue weighted by atomic mass is 16.5. The summed E-state index contributed by atoms with van der Waals surface area (Å²) in [5.41, 5.74) is 8.73. The van der Waals surface area contributed by atoms with Gasteiger partial charge >= 0.3 is 0 Å². The summed E-state index contributed by atoms with van der Waals surface area (Å²) in [5, 5.41) is 0. The van der Waals surface area contributed by atoms with Crippen LogP contribution in [0.5, 0.6) is 0 Å². The highest BCUT2D eigenvalue weighted by Gasteiger charge is 2.09. The van der Waals surface area contributed by atoms with Crippen LogP contribution in [0.3, 0.4) is 0 Å². The molecule has 0 aromatic heterocycles. The van der Waals surface area contributed by atoms with Gasteiger partial charge in [0.15, 0.2) is 0 Å². The number of nitrogens with two attached hydrogens (primary N) is 1. The monoisotopic (exact) mass is 207 g/mol. The minimum Gasteiger partial charge on any atom is -0.382 e. The molecule has 2 nitrogen and oxygen atoms in total. The summed E-state index contributed by atoms with van der Waals surface area (Å²) in [5.74, 6) is 0. The van der Waals surface area contributed by atoms with Crippen molar-refractivity contribution in [2.24, 2.45) is 5.73 Å². The molecule has 1 rings (SSSR count). The molecule has 84 valence electrons. The van der Waals surface area contributed by atoms with Crippen molar-refractivity contribution >= 4 is 0 Å². The Morgan fingerprint density at radius 3 is 2.60 bits per heavy atom. The van der Waals surface area contributed by atoms with Gasteiger partial charge in [0.2, 0.25) is 0 Å². The van der Waals surface area contributed by atoms with E-state index < -0.39 is 0 Å². The first-order valence-corrected chi connectivity index (χ1v) is 5.46. The lowest BCUT2D eigenvalue weighted by molar-refractivity contribution is 0.104. The molecule has 0 saturated heterocycles. The summed E-state index contributed by atoms with van der Waals surface area (Å²) in [7, 11) is 1.73. The van der Waals surface area contributed by atoms with Crippen LogP contribution in [0.4, 0.5) is 0 Å². The molecule has 15 heavy (non-hydrogen) atoms. The number of rotatable bonds is 5. The van der Waals surface area contributed by atoms with E-state index in [1.807, 2.05) is 0 Å². The fraction of sp³-hybridized carbons (Fsp3) is 0.538. The van der Waals surface area contributed by atoms with E-state index in [1.54, 1.807) is 7.11 Å². The van der Waals surface area contributed by atoms with Crippen LogP contribution in [0.25, 0.3) is 0 Å². The van der Waals surface area contributed by atoms with E-state index in [9.17, 15) is 0 Å². The smallest absolute Gasteiger partial charge is 0.0558 e. The second-order valence-corrected chi connectivity index (χ2v) is 4.17. The molecule has 0 aliphatic carbocycles. The third kappa shape index (κ3) is 4.02. The van der Waals surface area contributed by atoms with Crippen LogP contribution < -0.4 is 5.73 Å². The number of ether oxygens (including phenoxy) is 1. The lowest BCUT2D eigenvalue weighted by Gasteiger charge is -2.17. The van der Waals surface area contributed by atoms with Crippen LogP contribution >= 0.6 is 0 Å². The van der Waals surface area contributed by atoms with E-state index in [-0.39, 0.29) is 12.1 Å². The molecular formula is C13H21NO. The van der Waals surface area contributed by atoms with Crippen LogP contribution in [0, 0.1) is 6.92 Å². The molecule has 0 amide bonds. The highest BCUT2D eigenvalue weighted by Crippen LogP contribution is 2.11. The van der Waals surface area contributed by atoms with Crippen molar-refractivity contribution in [3.63, 3.8) is 0 Å². The van der Waals surface area contributed by atoms with E-state index in [0.29, 0.717) is 0 Å². The molecule has 0 fully saturated rings. The largest absolute Gasteiger partial charge is 0.382 e. The van der Waals surface area contributed by atoms with Gasteiger partial charge in [-0.25, -0.2) is 0 Å². The SMILES string of the molecule is COC(C)CC(N)Cc1ccccc1C. The molecule has 0 bridgehead atoms. The Kier molecular flexibility index (Phi) is 4.79. The summed E-state index contributed by atoms with van der Waals surface area (Å²) in [4.78, 5) is 0. The molecule has 2 heteroatoms. The molecule has 0 aliphatic rings. The van der Waals surface area contributed by atoms with Gasteiger partial charge in [-0.1, -0.05) is 24.3 Å². The van der Waals surface area contributed by atoms with Crippen molar-refractivity contribution in [3.05, 3.63) is 35.4 Å². The maximum atomic E-state index is 6.07. The van der Waals surface area contributed by atoms with Crippen molar-refractivity contribution in [2.45, 2.75) is 38.8 Å². The Labute approximate surface area is 92.4 Å². The number of methoxy groups -OCH3 is 1. The number of hydrogen-bond donors (Lipinski definition) is 1. The fourth-order valence-corrected chi connectivity index (χ4v) is 1.73. The van der Waals surface area contributed by atoms with Crippen LogP contribution in [-0.2, 0) is 11.2 Å². The standard InChI is InChI=1S/C13H21NO/c1-10-6-4-5-7-12(10)9-13(14)8-11(2)15-3/h4-7,11,13H,8-9,14H2,1-3H3. The second kappa shape index (κ2) is 5.89. The van der Waals surface area contributed by atoms with E-state index in [2.05, 4.69) is 38.1 Å². The average molecular weight is 207 g/mol. The van der Waals surface area contributed by atoms with Gasteiger partial charge in [-0.15, -0.1) is 0 Å². The zero-order valence-electron chi connectivity index (χ0n) is 9.86. The summed E-state index contributed by atoms with van der Waals surface area (Å²) in [6.07, 6.45) is 2.08. The van der Waals surface area contributed by atoms with Gasteiger partial charge < -0.3 is 10.5 Å². The predicted octanol–water partition coefficient (Wildman–Crippen LogP) is 2.29. The predicted molar refractivity (Wildman–Crippen MR) is 63.9 cm³/mol. The minimum absolute atomic E-state index is 0.182. The molecule has 2 N–H and O–H groups in total. The van der Waals surface area contributed by atoms with Crippen molar-refractivity contribution in [2.75, 3.05) is 7.11 Å². The van der Waals surface area contributed by atoms with Crippen molar-refractivity contribution in [1.29, 1.82) is 0 Å². The van der Waals surface area contributed by atoms with Gasteiger partial charge in [-0.2, -0.15) is 0 Å². The molecule has 0 heterocycles. The van der Waals surface area contributed by atoms with E-state index in [4.69, 9.17) is 10.5 Å². The maximum absolute atomic E-state index is 6.07. The summed E-state index contributed by atoms with van der Waals surface area (Å²) in [6, 6.07) is 8.58. The molecule has 0 aliphatic heterocycles. The van der Waals surface area contributed by atoms with Crippen LogP contribution in [0.2, 0.25) is 0 Å². The van der Waals surface area contributed by atoms with Crippen LogP contribution in [0.15, 0.2) is 24.3 Å². The first-order valence-electron chi connectivity index (χ1n) is 5.46. The normalized spacial score (nSPS) is 14.9. The Morgan fingerprint density at radius 2 is 2.00 bits per heavy atom. The van der Waals surface area contributed by atoms with Crippen molar-refractivity contribution < 1.29 is 4.74 Å². The van der Waals surface area contributed by atoms with Gasteiger partial charge in [-0.3, -0.25) is 0 Å². The molecular weight excluding hydrogens is 186 g/mol. The number of aryl methyl sites for hydroxylation is 1. The highest BCUT2D eigenvalue weighted by molar-refractivity contribution is 5.26. The summed E-state index contributed by atoms with van der Waals surface area (Å²) in [6.45, 7) is 4.18. The third-order valence-electron chi connectivity index (χ3n) is 2.78. The van der Waals surface area contributed by atoms with Gasteiger partial charge in [0.25, 0.3) is 0 Å². The van der Waals surface area contributed by atoms with Gasteiger partial charge in [0, 0.05) is 13.2 Å². The average Bonchev–Trinajstić information content (AvgIpc) is 2.21. The molecule has 0 spiro atoms. The second-order valence-electron chi connectivity index (χ2n) is 4.17. The van der Waals surface area contributed by atoms with Crippen LogP contribution in [-0.4, -0.2) is 19.3 Å². The lowest BCUT2D eigenvalue weighted by atomic mass is 9.98. The summed E-state index contributed by atoms with van der Waals surface area (Å²) < 4.78 is 5.21. The van der Waals surface area contributed by atoms with E-state index in [0.717, 1.165) is 12.8 Å². The van der Waals surface area contributed by atoms with Crippen LogP contribution in [0.1, 0.15) is 24.5 Å². The van der Waals surface area contributed by atoms with Gasteiger partial charge in [0.05, 0.1) is 6.10 Å². The summed E-state index contributed by atoms with van der Waals surface area (Å²) >= 11 is 0. The van der Waals surface area contributed by atoms with E-state index in [1.165, 1.54) is 11.1 Å². The third-order valence-corrected chi connectivity index (χ3v) is 2.78. The Balaban J connectivity index is 2.51. The fourth-order valence-electron chi connectivity index (χ4n) is 1.73. The Bertz CT molecular complexity index is 298. The van der Waals surface area contributed by atoms with Crippen molar-refractivity contribution in [1.82, 2.24) is 0 Å². The molecule has 0 saturated carbocycles. The Hall–Kier alpha value is -0.860. The first-order chi connectivity index (χ1) is 7.13. The van der Waals surface area contributed by atoms with Gasteiger partial charge in [0.1, 0.15) is 0 Å². The van der Waals surface area contributed by atoms with Gasteiger partial charge in [-0.05, 0) is 37.8 Å². The molecule has 2 unspecified atom stereocenters. The van der Waals surface area contributed by atoms with E-state index >= 15 is 0 Å². The number of hydrogen-bond acceptors (Lipinski definition) is 2. The minimum atomic E-state index is 0.182. The first kappa shape index (κ1) is 12.2. The topological polar surface area (TPSA) is 35.2 Å². The molecule has 0 radical (unpaired) electrons. The molecule has 1 aromatic carbocycles. The molecule has 2 atom stereocenters. The zero-order chi connectivity index (χ0) is 11.3. The lowest BCUT2D eigenvalue weighted by Crippen LogP contribution is -2.28. The number of benzene rings is 1. The maximum Gasteiger partial charge on any atom is 0.0558 e. The quantitative estimate of drug-likeness (QED) is 0.804. The molecule has 1 aromatic rings.